The monoisotopic (exact) mass is 280 g/mol. The third kappa shape index (κ3) is 5.59. The van der Waals surface area contributed by atoms with Gasteiger partial charge >= 0.3 is 0 Å². The molecule has 2 unspecified atom stereocenters. The molecule has 2 atom stereocenters. The van der Waals surface area contributed by atoms with Crippen LogP contribution in [0.5, 0.6) is 0 Å². The van der Waals surface area contributed by atoms with Gasteiger partial charge in [0.2, 0.25) is 10.0 Å². The molecular weight excluding hydrogens is 256 g/mol. The summed E-state index contributed by atoms with van der Waals surface area (Å²) in [7, 11) is -3.18. The summed E-state index contributed by atoms with van der Waals surface area (Å²) >= 11 is 1.83. The van der Waals surface area contributed by atoms with Crippen molar-refractivity contribution in [3.8, 4) is 0 Å². The molecule has 0 aliphatic carbocycles. The van der Waals surface area contributed by atoms with Crippen LogP contribution in [0, 0.1) is 0 Å². The number of sulfonamides is 1. The second-order valence-corrected chi connectivity index (χ2v) is 8.23. The molecule has 1 heterocycles. The number of hydrogen-bond acceptors (Lipinski definition) is 4. The van der Waals surface area contributed by atoms with E-state index < -0.39 is 10.0 Å². The Morgan fingerprint density at radius 3 is 2.59 bits per heavy atom. The summed E-state index contributed by atoms with van der Waals surface area (Å²) in [5.74, 6) is 2.06. The lowest BCUT2D eigenvalue weighted by atomic mass is 10.2. The van der Waals surface area contributed by atoms with E-state index in [1.807, 2.05) is 25.6 Å². The molecule has 0 aromatic heterocycles. The van der Waals surface area contributed by atoms with Gasteiger partial charge in [-0.3, -0.25) is 0 Å². The molecule has 0 amide bonds. The quantitative estimate of drug-likeness (QED) is 0.767. The van der Waals surface area contributed by atoms with Crippen molar-refractivity contribution in [3.05, 3.63) is 0 Å². The molecule has 1 fully saturated rings. The summed E-state index contributed by atoms with van der Waals surface area (Å²) in [5, 5.41) is 2.79. The highest BCUT2D eigenvalue weighted by Crippen LogP contribution is 2.18. The molecule has 1 aliphatic rings. The van der Waals surface area contributed by atoms with Crippen LogP contribution in [0.3, 0.4) is 0 Å². The van der Waals surface area contributed by atoms with E-state index in [9.17, 15) is 8.42 Å². The van der Waals surface area contributed by atoms with E-state index in [2.05, 4.69) is 10.0 Å². The van der Waals surface area contributed by atoms with Crippen molar-refractivity contribution in [2.45, 2.75) is 50.9 Å². The van der Waals surface area contributed by atoms with Crippen molar-refractivity contribution in [3.63, 3.8) is 0 Å². The lowest BCUT2D eigenvalue weighted by Gasteiger charge is -2.24. The van der Waals surface area contributed by atoms with Crippen molar-refractivity contribution < 1.29 is 8.42 Å². The molecule has 17 heavy (non-hydrogen) atoms. The van der Waals surface area contributed by atoms with E-state index in [0.29, 0.717) is 12.6 Å². The standard InChI is InChI=1S/C11H24N2O2S2/c1-9(2)12-7-10(3)17(14,15)13-11-5-4-6-16-8-11/h9-13H,4-8H2,1-3H3. The zero-order chi connectivity index (χ0) is 12.9. The van der Waals surface area contributed by atoms with Crippen molar-refractivity contribution in [2.75, 3.05) is 18.1 Å². The molecule has 1 saturated heterocycles. The lowest BCUT2D eigenvalue weighted by molar-refractivity contribution is 0.518. The summed E-state index contributed by atoms with van der Waals surface area (Å²) in [5.41, 5.74) is 0. The third-order valence-electron chi connectivity index (χ3n) is 2.83. The van der Waals surface area contributed by atoms with Gasteiger partial charge in [0.05, 0.1) is 5.25 Å². The molecule has 1 rings (SSSR count). The van der Waals surface area contributed by atoms with Gasteiger partial charge in [-0.15, -0.1) is 0 Å². The third-order valence-corrected chi connectivity index (χ3v) is 5.94. The Kier molecular flexibility index (Phi) is 6.26. The second-order valence-electron chi connectivity index (χ2n) is 4.95. The van der Waals surface area contributed by atoms with Gasteiger partial charge in [-0.05, 0) is 25.5 Å². The molecule has 6 heteroatoms. The van der Waals surface area contributed by atoms with Gasteiger partial charge in [0.15, 0.2) is 0 Å². The van der Waals surface area contributed by atoms with E-state index in [4.69, 9.17) is 0 Å². The molecule has 1 aliphatic heterocycles. The molecule has 0 aromatic rings. The normalized spacial score (nSPS) is 23.9. The molecule has 0 radical (unpaired) electrons. The van der Waals surface area contributed by atoms with Crippen molar-refractivity contribution in [1.82, 2.24) is 10.0 Å². The van der Waals surface area contributed by atoms with Crippen LogP contribution in [0.4, 0.5) is 0 Å². The average Bonchev–Trinajstić information content (AvgIpc) is 2.26. The maximum absolute atomic E-state index is 12.1. The molecule has 0 saturated carbocycles. The van der Waals surface area contributed by atoms with Gasteiger partial charge in [-0.2, -0.15) is 11.8 Å². The molecule has 2 N–H and O–H groups in total. The zero-order valence-electron chi connectivity index (χ0n) is 10.9. The van der Waals surface area contributed by atoms with E-state index in [1.54, 1.807) is 6.92 Å². The predicted molar refractivity (Wildman–Crippen MR) is 75.0 cm³/mol. The van der Waals surface area contributed by atoms with Gasteiger partial charge in [0.1, 0.15) is 0 Å². The number of rotatable bonds is 6. The van der Waals surface area contributed by atoms with Crippen LogP contribution in [-0.2, 0) is 10.0 Å². The van der Waals surface area contributed by atoms with Crippen LogP contribution < -0.4 is 10.0 Å². The number of hydrogen-bond donors (Lipinski definition) is 2. The van der Waals surface area contributed by atoms with Crippen LogP contribution in [-0.4, -0.2) is 43.8 Å². The summed E-state index contributed by atoms with van der Waals surface area (Å²) in [6, 6.07) is 0.443. The van der Waals surface area contributed by atoms with Gasteiger partial charge in [0.25, 0.3) is 0 Å². The van der Waals surface area contributed by atoms with Gasteiger partial charge in [0, 0.05) is 24.4 Å². The summed E-state index contributed by atoms with van der Waals surface area (Å²) < 4.78 is 26.9. The van der Waals surface area contributed by atoms with Crippen LogP contribution in [0.15, 0.2) is 0 Å². The Morgan fingerprint density at radius 1 is 1.35 bits per heavy atom. The molecule has 0 bridgehead atoms. The second kappa shape index (κ2) is 6.97. The molecule has 0 aromatic carbocycles. The fourth-order valence-corrected chi connectivity index (χ4v) is 4.08. The minimum absolute atomic E-state index is 0.125. The SMILES string of the molecule is CC(C)NCC(C)S(=O)(=O)NC1CCCSC1. The first kappa shape index (κ1) is 15.3. The van der Waals surface area contributed by atoms with Crippen LogP contribution in [0.25, 0.3) is 0 Å². The van der Waals surface area contributed by atoms with Crippen molar-refractivity contribution >= 4 is 21.8 Å². The highest BCUT2D eigenvalue weighted by Gasteiger charge is 2.25. The summed E-state index contributed by atoms with van der Waals surface area (Å²) in [6.45, 7) is 6.30. The largest absolute Gasteiger partial charge is 0.313 e. The Hall–Kier alpha value is 0.220. The van der Waals surface area contributed by atoms with E-state index >= 15 is 0 Å². The maximum Gasteiger partial charge on any atom is 0.215 e. The highest BCUT2D eigenvalue weighted by molar-refractivity contribution is 7.99. The Morgan fingerprint density at radius 2 is 2.06 bits per heavy atom. The fourth-order valence-electron chi connectivity index (χ4n) is 1.69. The smallest absolute Gasteiger partial charge is 0.215 e. The minimum atomic E-state index is -3.18. The maximum atomic E-state index is 12.1. The molecular formula is C11H24N2O2S2. The van der Waals surface area contributed by atoms with Gasteiger partial charge < -0.3 is 5.32 Å². The Balaban J connectivity index is 2.43. The Labute approximate surface area is 109 Å². The topological polar surface area (TPSA) is 58.2 Å². The Bertz CT molecular complexity index is 311. The van der Waals surface area contributed by atoms with Crippen LogP contribution in [0.2, 0.25) is 0 Å². The summed E-state index contributed by atoms with van der Waals surface area (Å²) in [4.78, 5) is 0. The first-order valence-corrected chi connectivity index (χ1v) is 8.94. The van der Waals surface area contributed by atoms with Crippen molar-refractivity contribution in [1.29, 1.82) is 0 Å². The molecule has 102 valence electrons. The first-order chi connectivity index (χ1) is 7.92. The zero-order valence-corrected chi connectivity index (χ0v) is 12.5. The number of nitrogens with one attached hydrogen (secondary N) is 2. The van der Waals surface area contributed by atoms with E-state index in [-0.39, 0.29) is 11.3 Å². The van der Waals surface area contributed by atoms with Crippen LogP contribution in [0.1, 0.15) is 33.6 Å². The first-order valence-electron chi connectivity index (χ1n) is 6.24. The molecule has 0 spiro atoms. The van der Waals surface area contributed by atoms with Crippen molar-refractivity contribution in [2.24, 2.45) is 0 Å². The summed E-state index contributed by atoms with van der Waals surface area (Å²) in [6.07, 6.45) is 2.08. The predicted octanol–water partition coefficient (Wildman–Crippen LogP) is 1.19. The lowest BCUT2D eigenvalue weighted by Crippen LogP contribution is -2.46. The fraction of sp³-hybridized carbons (Fsp3) is 1.00. The van der Waals surface area contributed by atoms with E-state index in [0.717, 1.165) is 24.3 Å². The minimum Gasteiger partial charge on any atom is -0.313 e. The van der Waals surface area contributed by atoms with Crippen LogP contribution >= 0.6 is 11.8 Å². The number of thioether (sulfide) groups is 1. The van der Waals surface area contributed by atoms with Gasteiger partial charge in [-0.1, -0.05) is 13.8 Å². The van der Waals surface area contributed by atoms with Gasteiger partial charge in [-0.25, -0.2) is 13.1 Å². The van der Waals surface area contributed by atoms with E-state index in [1.165, 1.54) is 0 Å². The average molecular weight is 280 g/mol. The molecule has 4 nitrogen and oxygen atoms in total. The highest BCUT2D eigenvalue weighted by atomic mass is 32.2.